The van der Waals surface area contributed by atoms with Gasteiger partial charge in [0.25, 0.3) is 8.32 Å². The van der Waals surface area contributed by atoms with Crippen LogP contribution in [0.5, 0.6) is 0 Å². The second-order valence-corrected chi connectivity index (χ2v) is 19.9. The topological polar surface area (TPSA) is 26.3 Å². The van der Waals surface area contributed by atoms with Crippen LogP contribution in [0, 0.1) is 0 Å². The molecule has 0 radical (unpaired) electrons. The minimum absolute atomic E-state index is 0.0536. The van der Waals surface area contributed by atoms with Crippen molar-refractivity contribution in [3.05, 3.63) is 152 Å². The molecule has 5 rings (SSSR count). The van der Waals surface area contributed by atoms with Gasteiger partial charge < -0.3 is 4.43 Å². The normalized spacial score (nSPS) is 12.9. The van der Waals surface area contributed by atoms with E-state index >= 15 is 0 Å². The Bertz CT molecular complexity index is 1550. The summed E-state index contributed by atoms with van der Waals surface area (Å²) in [6.07, 6.45) is -0.651. The van der Waals surface area contributed by atoms with E-state index in [0.717, 1.165) is 21.2 Å². The molecule has 1 unspecified atom stereocenters. The van der Waals surface area contributed by atoms with Gasteiger partial charge in [-0.15, -0.1) is 0 Å². The average molecular weight is 601 g/mol. The van der Waals surface area contributed by atoms with E-state index < -0.39 is 21.3 Å². The van der Waals surface area contributed by atoms with Crippen molar-refractivity contribution < 1.29 is 9.22 Å². The molecule has 0 aliphatic carbocycles. The Hall–Kier alpha value is -3.75. The average Bonchev–Trinajstić information content (AvgIpc) is 3.05. The monoisotopic (exact) mass is 600 g/mol. The maximum Gasteiger partial charge on any atom is 0.262 e. The Morgan fingerprint density at radius 1 is 0.581 bits per heavy atom. The summed E-state index contributed by atoms with van der Waals surface area (Å²) < 4.78 is 7.35. The fraction of sp³-hybridized carbons (Fsp3) is 0.179. The molecule has 0 aliphatic heterocycles. The van der Waals surface area contributed by atoms with Gasteiger partial charge in [0.2, 0.25) is 0 Å². The van der Waals surface area contributed by atoms with Crippen LogP contribution < -0.4 is 26.3 Å². The maximum atomic E-state index is 15.0. The van der Waals surface area contributed by atoms with Gasteiger partial charge in [-0.05, 0) is 52.1 Å². The molecule has 4 heteroatoms. The summed E-state index contributed by atoms with van der Waals surface area (Å²) in [6.45, 7) is 8.26. The van der Waals surface area contributed by atoms with E-state index in [0.29, 0.717) is 0 Å². The third kappa shape index (κ3) is 5.66. The predicted molar refractivity (Wildman–Crippen MR) is 189 cm³/mol. The van der Waals surface area contributed by atoms with Crippen molar-refractivity contribution in [1.82, 2.24) is 0 Å². The highest BCUT2D eigenvalue weighted by Crippen LogP contribution is 2.47. The number of carbonyl (C=O) groups is 1. The molecule has 218 valence electrons. The molecular formula is C39H41O2PSi. The van der Waals surface area contributed by atoms with Gasteiger partial charge in [0.1, 0.15) is 6.10 Å². The van der Waals surface area contributed by atoms with Crippen LogP contribution in [-0.4, -0.2) is 25.5 Å². The van der Waals surface area contributed by atoms with Gasteiger partial charge in [0, 0.05) is 5.29 Å². The second kappa shape index (κ2) is 12.9. The van der Waals surface area contributed by atoms with E-state index in [-0.39, 0.29) is 10.8 Å². The minimum Gasteiger partial charge on any atom is -0.397 e. The van der Waals surface area contributed by atoms with Gasteiger partial charge in [-0.3, -0.25) is 4.79 Å². The summed E-state index contributed by atoms with van der Waals surface area (Å²) in [5, 5.41) is 6.44. The van der Waals surface area contributed by atoms with Crippen LogP contribution in [0.25, 0.3) is 0 Å². The third-order valence-corrected chi connectivity index (χ3v) is 18.0. The van der Waals surface area contributed by atoms with Crippen molar-refractivity contribution >= 4 is 52.6 Å². The lowest BCUT2D eigenvalue weighted by Gasteiger charge is -2.44. The van der Waals surface area contributed by atoms with Crippen molar-refractivity contribution in [2.24, 2.45) is 0 Å². The number of rotatable bonds is 9. The summed E-state index contributed by atoms with van der Waals surface area (Å²) in [6, 6.07) is 52.8. The largest absolute Gasteiger partial charge is 0.397 e. The Morgan fingerprint density at radius 3 is 1.19 bits per heavy atom. The number of hydrogen-bond donors (Lipinski definition) is 0. The number of benzene rings is 5. The van der Waals surface area contributed by atoms with Crippen LogP contribution in [0.15, 0.2) is 152 Å². The molecule has 0 saturated heterocycles. The molecule has 0 aliphatic rings. The van der Waals surface area contributed by atoms with E-state index in [1.54, 1.807) is 0 Å². The van der Waals surface area contributed by atoms with Gasteiger partial charge in [-0.25, -0.2) is 0 Å². The van der Waals surface area contributed by atoms with Crippen molar-refractivity contribution in [2.75, 3.05) is 0 Å². The van der Waals surface area contributed by atoms with Crippen molar-refractivity contribution in [3.8, 4) is 0 Å². The fourth-order valence-corrected chi connectivity index (χ4v) is 15.5. The molecule has 0 amide bonds. The summed E-state index contributed by atoms with van der Waals surface area (Å²) in [7, 11) is -2.94. The van der Waals surface area contributed by atoms with Crippen LogP contribution in [-0.2, 0) is 9.22 Å². The van der Waals surface area contributed by atoms with E-state index in [9.17, 15) is 4.79 Å². The first-order chi connectivity index (χ1) is 20.7. The molecule has 0 saturated carbocycles. The first-order valence-corrected chi connectivity index (χ1v) is 18.7. The van der Waals surface area contributed by atoms with Gasteiger partial charge in [0.05, 0.1) is 0 Å². The highest BCUT2D eigenvalue weighted by molar-refractivity contribution is 7.96. The summed E-state index contributed by atoms with van der Waals surface area (Å²) in [4.78, 5) is 15.0. The van der Waals surface area contributed by atoms with Crippen LogP contribution in [0.3, 0.4) is 0 Å². The lowest BCUT2D eigenvalue weighted by Crippen LogP contribution is -2.68. The van der Waals surface area contributed by atoms with E-state index in [1.165, 1.54) is 10.4 Å². The summed E-state index contributed by atoms with van der Waals surface area (Å²) in [5.41, 5.74) is 0. The van der Waals surface area contributed by atoms with Gasteiger partial charge in [-0.2, -0.15) is 0 Å². The quantitative estimate of drug-likeness (QED) is 0.139. The van der Waals surface area contributed by atoms with Gasteiger partial charge in [-0.1, -0.05) is 172 Å². The van der Waals surface area contributed by atoms with Gasteiger partial charge in [0.15, 0.2) is 5.78 Å². The number of Topliss-reactive ketones (excluding diaryl/α,β-unsaturated/α-hetero) is 1. The molecule has 5 aromatic carbocycles. The maximum absolute atomic E-state index is 15.0. The Balaban J connectivity index is 1.76. The molecule has 0 N–H and O–H groups in total. The standard InChI is InChI=1S/C39H41O2PSi/c1-31(41-43(39(3,4)5,36-27-17-9-18-28-36)37-29-19-10-20-30-37)38(40)32(2)42(33-21-11-6-12-22-33,34-23-13-7-14-24-34)35-25-15-8-16-26-35/h6-31H,1-5H3. The van der Waals surface area contributed by atoms with Crippen molar-refractivity contribution in [3.63, 3.8) is 0 Å². The Morgan fingerprint density at radius 2 is 0.884 bits per heavy atom. The third-order valence-electron chi connectivity index (χ3n) is 8.43. The van der Waals surface area contributed by atoms with E-state index in [2.05, 4.69) is 142 Å². The molecule has 5 aromatic rings. The lowest BCUT2D eigenvalue weighted by molar-refractivity contribution is -0.118. The van der Waals surface area contributed by atoms with E-state index in [4.69, 9.17) is 4.43 Å². The van der Waals surface area contributed by atoms with Crippen LogP contribution in [0.2, 0.25) is 5.04 Å². The zero-order chi connectivity index (χ0) is 30.5. The summed E-state index contributed by atoms with van der Waals surface area (Å²) in [5.74, 6) is 0.0536. The Kier molecular flexibility index (Phi) is 9.18. The van der Waals surface area contributed by atoms with E-state index in [1.807, 2.05) is 44.2 Å². The highest BCUT2D eigenvalue weighted by Gasteiger charge is 2.52. The Labute approximate surface area is 258 Å². The molecular weight excluding hydrogens is 559 g/mol. The molecule has 0 fully saturated rings. The molecule has 43 heavy (non-hydrogen) atoms. The summed E-state index contributed by atoms with van der Waals surface area (Å²) >= 11 is 0. The minimum atomic E-state index is -2.94. The molecule has 1 atom stereocenters. The van der Waals surface area contributed by atoms with Gasteiger partial charge >= 0.3 is 0 Å². The number of carbonyl (C=O) groups excluding carboxylic acids is 1. The molecule has 0 heterocycles. The van der Waals surface area contributed by atoms with Crippen LogP contribution in [0.1, 0.15) is 34.6 Å². The second-order valence-electron chi connectivity index (χ2n) is 12.1. The zero-order valence-corrected chi connectivity index (χ0v) is 27.7. The van der Waals surface area contributed by atoms with Crippen LogP contribution >= 0.6 is 6.89 Å². The van der Waals surface area contributed by atoms with Crippen molar-refractivity contribution in [2.45, 2.75) is 45.8 Å². The number of ketones is 1. The predicted octanol–water partition coefficient (Wildman–Crippen LogP) is 6.71. The first kappa shape index (κ1) is 30.7. The number of hydrogen-bond acceptors (Lipinski definition) is 2. The first-order valence-electron chi connectivity index (χ1n) is 15.0. The van der Waals surface area contributed by atoms with Crippen molar-refractivity contribution in [1.29, 1.82) is 0 Å². The smallest absolute Gasteiger partial charge is 0.262 e. The SMILES string of the molecule is CC(C(=O)C(C)O[Si](c1ccccc1)(c1ccccc1)C(C)(C)C)=P(c1ccccc1)(c1ccccc1)c1ccccc1. The molecule has 0 spiro atoms. The molecule has 0 aromatic heterocycles. The highest BCUT2D eigenvalue weighted by atomic mass is 31.2. The van der Waals surface area contributed by atoms with Crippen LogP contribution in [0.4, 0.5) is 0 Å². The zero-order valence-electron chi connectivity index (χ0n) is 25.8. The molecule has 0 bridgehead atoms. The lowest BCUT2D eigenvalue weighted by atomic mass is 10.2. The fourth-order valence-electron chi connectivity index (χ4n) is 6.45. The molecule has 2 nitrogen and oxygen atoms in total.